The van der Waals surface area contributed by atoms with E-state index in [0.29, 0.717) is 6.04 Å². The molecular weight excluding hydrogens is 276 g/mol. The molecule has 1 fully saturated rings. The topological polar surface area (TPSA) is 15.3 Å². The van der Waals surface area contributed by atoms with Crippen LogP contribution in [0.25, 0.3) is 0 Å². The van der Waals surface area contributed by atoms with Gasteiger partial charge in [-0.15, -0.1) is 0 Å². The zero-order valence-electron chi connectivity index (χ0n) is 10.5. The van der Waals surface area contributed by atoms with Crippen LogP contribution in [0.15, 0.2) is 28.7 Å². The Morgan fingerprint density at radius 1 is 1.29 bits per heavy atom. The number of rotatable bonds is 5. The Balaban J connectivity index is 1.75. The van der Waals surface area contributed by atoms with Gasteiger partial charge < -0.3 is 10.2 Å². The summed E-state index contributed by atoms with van der Waals surface area (Å²) >= 11 is 3.58. The third-order valence-corrected chi connectivity index (χ3v) is 4.10. The van der Waals surface area contributed by atoms with Gasteiger partial charge >= 0.3 is 0 Å². The maximum atomic E-state index is 3.59. The average Bonchev–Trinajstić information content (AvgIpc) is 2.81. The molecule has 1 aromatic carbocycles. The first-order valence-electron chi connectivity index (χ1n) is 6.45. The molecule has 0 radical (unpaired) electrons. The summed E-state index contributed by atoms with van der Waals surface area (Å²) in [5.74, 6) is 0. The fraction of sp³-hybridized carbons (Fsp3) is 0.571. The first-order chi connectivity index (χ1) is 8.25. The lowest BCUT2D eigenvalue weighted by Gasteiger charge is -2.21. The molecule has 0 spiro atoms. The quantitative estimate of drug-likeness (QED) is 0.898. The van der Waals surface area contributed by atoms with E-state index in [-0.39, 0.29) is 0 Å². The lowest BCUT2D eigenvalue weighted by molar-refractivity contribution is 0.298. The van der Waals surface area contributed by atoms with Gasteiger partial charge in [0.05, 0.1) is 0 Å². The molecule has 2 rings (SSSR count). The van der Waals surface area contributed by atoms with Crippen molar-refractivity contribution in [3.8, 4) is 0 Å². The predicted octanol–water partition coefficient (Wildman–Crippen LogP) is 3.02. The second kappa shape index (κ2) is 6.53. The smallest absolute Gasteiger partial charge is 0.0220 e. The molecule has 0 bridgehead atoms. The summed E-state index contributed by atoms with van der Waals surface area (Å²) in [6, 6.07) is 8.97. The minimum absolute atomic E-state index is 0.556. The van der Waals surface area contributed by atoms with Gasteiger partial charge in [-0.05, 0) is 44.5 Å². The van der Waals surface area contributed by atoms with E-state index in [1.807, 2.05) is 0 Å². The maximum absolute atomic E-state index is 3.59. The van der Waals surface area contributed by atoms with Crippen LogP contribution in [0.2, 0.25) is 0 Å². The molecule has 1 heterocycles. The van der Waals surface area contributed by atoms with Crippen LogP contribution in [0.1, 0.15) is 25.3 Å². The van der Waals surface area contributed by atoms with Crippen LogP contribution in [0.5, 0.6) is 0 Å². The number of nitrogens with one attached hydrogen (secondary N) is 1. The zero-order valence-corrected chi connectivity index (χ0v) is 12.0. The third-order valence-electron chi connectivity index (χ3n) is 3.33. The standard InChI is InChI=1S/C14H21BrN2/c1-12(11-17-8-4-5-9-17)16-10-13-6-2-3-7-14(13)15/h2-3,6-7,12,16H,4-5,8-11H2,1H3. The Morgan fingerprint density at radius 2 is 2.00 bits per heavy atom. The van der Waals surface area contributed by atoms with Crippen molar-refractivity contribution in [2.24, 2.45) is 0 Å². The fourth-order valence-corrected chi connectivity index (χ4v) is 2.77. The molecule has 1 atom stereocenters. The summed E-state index contributed by atoms with van der Waals surface area (Å²) in [5, 5.41) is 3.59. The minimum atomic E-state index is 0.556. The average molecular weight is 297 g/mol. The summed E-state index contributed by atoms with van der Waals surface area (Å²) in [4.78, 5) is 2.55. The van der Waals surface area contributed by atoms with Gasteiger partial charge in [0, 0.05) is 23.6 Å². The van der Waals surface area contributed by atoms with E-state index in [0.717, 1.165) is 6.54 Å². The lowest BCUT2D eigenvalue weighted by atomic mass is 10.2. The second-order valence-electron chi connectivity index (χ2n) is 4.88. The molecule has 94 valence electrons. The van der Waals surface area contributed by atoms with Crippen molar-refractivity contribution in [3.05, 3.63) is 34.3 Å². The molecule has 1 aliphatic heterocycles. The predicted molar refractivity (Wildman–Crippen MR) is 76.1 cm³/mol. The highest BCUT2D eigenvalue weighted by molar-refractivity contribution is 9.10. The highest BCUT2D eigenvalue weighted by atomic mass is 79.9. The zero-order chi connectivity index (χ0) is 12.1. The van der Waals surface area contributed by atoms with Gasteiger partial charge in [0.1, 0.15) is 0 Å². The van der Waals surface area contributed by atoms with E-state index in [9.17, 15) is 0 Å². The molecule has 0 aromatic heterocycles. The van der Waals surface area contributed by atoms with Crippen molar-refractivity contribution >= 4 is 15.9 Å². The van der Waals surface area contributed by atoms with Gasteiger partial charge in [0.2, 0.25) is 0 Å². The van der Waals surface area contributed by atoms with Gasteiger partial charge in [-0.25, -0.2) is 0 Å². The molecule has 1 unspecified atom stereocenters. The molecular formula is C14H21BrN2. The van der Waals surface area contributed by atoms with Crippen LogP contribution in [0.3, 0.4) is 0 Å². The van der Waals surface area contributed by atoms with Crippen LogP contribution < -0.4 is 5.32 Å². The van der Waals surface area contributed by atoms with E-state index in [1.165, 1.54) is 42.5 Å². The first kappa shape index (κ1) is 13.1. The third kappa shape index (κ3) is 4.09. The largest absolute Gasteiger partial charge is 0.309 e. The number of hydrogen-bond acceptors (Lipinski definition) is 2. The molecule has 1 aromatic rings. The Hall–Kier alpha value is -0.380. The Kier molecular flexibility index (Phi) is 5.01. The van der Waals surface area contributed by atoms with Crippen LogP contribution in [-0.2, 0) is 6.54 Å². The van der Waals surface area contributed by atoms with E-state index in [1.54, 1.807) is 0 Å². The Morgan fingerprint density at radius 3 is 2.71 bits per heavy atom. The lowest BCUT2D eigenvalue weighted by Crippen LogP contribution is -2.37. The molecule has 2 nitrogen and oxygen atoms in total. The van der Waals surface area contributed by atoms with Gasteiger partial charge in [0.15, 0.2) is 0 Å². The number of nitrogens with zero attached hydrogens (tertiary/aromatic N) is 1. The van der Waals surface area contributed by atoms with E-state index in [4.69, 9.17) is 0 Å². The van der Waals surface area contributed by atoms with Gasteiger partial charge in [0.25, 0.3) is 0 Å². The van der Waals surface area contributed by atoms with Crippen molar-refractivity contribution < 1.29 is 0 Å². The highest BCUT2D eigenvalue weighted by Crippen LogP contribution is 2.15. The SMILES string of the molecule is CC(CN1CCCC1)NCc1ccccc1Br. The monoisotopic (exact) mass is 296 g/mol. The Bertz CT molecular complexity index is 348. The molecule has 1 aliphatic rings. The summed E-state index contributed by atoms with van der Waals surface area (Å²) in [7, 11) is 0. The Labute approximate surface area is 113 Å². The van der Waals surface area contributed by atoms with Crippen LogP contribution in [0.4, 0.5) is 0 Å². The molecule has 0 aliphatic carbocycles. The van der Waals surface area contributed by atoms with E-state index < -0.39 is 0 Å². The van der Waals surface area contributed by atoms with Gasteiger partial charge in [-0.1, -0.05) is 34.1 Å². The summed E-state index contributed by atoms with van der Waals surface area (Å²) in [5.41, 5.74) is 1.33. The molecule has 0 saturated carbocycles. The molecule has 1 saturated heterocycles. The molecule has 0 amide bonds. The van der Waals surface area contributed by atoms with Crippen LogP contribution >= 0.6 is 15.9 Å². The van der Waals surface area contributed by atoms with E-state index >= 15 is 0 Å². The van der Waals surface area contributed by atoms with Crippen molar-refractivity contribution in [1.29, 1.82) is 0 Å². The number of halogens is 1. The maximum Gasteiger partial charge on any atom is 0.0220 e. The molecule has 3 heteroatoms. The number of benzene rings is 1. The normalized spacial score (nSPS) is 18.5. The van der Waals surface area contributed by atoms with Crippen molar-refractivity contribution in [3.63, 3.8) is 0 Å². The number of hydrogen-bond donors (Lipinski definition) is 1. The van der Waals surface area contributed by atoms with Crippen molar-refractivity contribution in [2.75, 3.05) is 19.6 Å². The second-order valence-corrected chi connectivity index (χ2v) is 5.74. The summed E-state index contributed by atoms with van der Waals surface area (Å²) in [6.07, 6.45) is 2.74. The summed E-state index contributed by atoms with van der Waals surface area (Å²) < 4.78 is 1.20. The first-order valence-corrected chi connectivity index (χ1v) is 7.24. The number of likely N-dealkylation sites (tertiary alicyclic amines) is 1. The van der Waals surface area contributed by atoms with Gasteiger partial charge in [-0.2, -0.15) is 0 Å². The molecule has 1 N–H and O–H groups in total. The van der Waals surface area contributed by atoms with Gasteiger partial charge in [-0.3, -0.25) is 0 Å². The van der Waals surface area contributed by atoms with Crippen LogP contribution in [0, 0.1) is 0 Å². The van der Waals surface area contributed by atoms with E-state index in [2.05, 4.69) is 57.3 Å². The van der Waals surface area contributed by atoms with Crippen LogP contribution in [-0.4, -0.2) is 30.6 Å². The summed E-state index contributed by atoms with van der Waals surface area (Å²) in [6.45, 7) is 6.94. The minimum Gasteiger partial charge on any atom is -0.309 e. The van der Waals surface area contributed by atoms with Crippen molar-refractivity contribution in [1.82, 2.24) is 10.2 Å². The highest BCUT2D eigenvalue weighted by Gasteiger charge is 2.14. The van der Waals surface area contributed by atoms with Crippen molar-refractivity contribution in [2.45, 2.75) is 32.4 Å². The molecule has 17 heavy (non-hydrogen) atoms. The fourth-order valence-electron chi connectivity index (χ4n) is 2.34.